The number of halogens is 2. The number of sulfonamides is 1. The van der Waals surface area contributed by atoms with Crippen LogP contribution in [0.1, 0.15) is 18.4 Å². The van der Waals surface area contributed by atoms with Crippen LogP contribution in [0.3, 0.4) is 0 Å². The van der Waals surface area contributed by atoms with Gasteiger partial charge in [0.2, 0.25) is 10.0 Å². The molecule has 1 aromatic rings. The van der Waals surface area contributed by atoms with E-state index in [1.807, 2.05) is 0 Å². The zero-order chi connectivity index (χ0) is 15.5. The van der Waals surface area contributed by atoms with Crippen molar-refractivity contribution in [1.29, 1.82) is 0 Å². The molecule has 0 aliphatic carbocycles. The highest BCUT2D eigenvalue weighted by Crippen LogP contribution is 2.25. The lowest BCUT2D eigenvalue weighted by Crippen LogP contribution is -2.38. The molecule has 1 aromatic carbocycles. The minimum absolute atomic E-state index is 0.125. The molecule has 0 amide bonds. The molecule has 21 heavy (non-hydrogen) atoms. The summed E-state index contributed by atoms with van der Waals surface area (Å²) in [5.41, 5.74) is 0.324. The quantitative estimate of drug-likeness (QED) is 0.802. The molecule has 0 radical (unpaired) electrons. The Bertz CT molecular complexity index is 604. The lowest BCUT2D eigenvalue weighted by atomic mass is 10.2. The number of nitrogens with one attached hydrogen (secondary N) is 2. The van der Waals surface area contributed by atoms with Gasteiger partial charge in [-0.1, -0.05) is 15.9 Å². The highest BCUT2D eigenvalue weighted by Gasteiger charge is 2.26. The zero-order valence-corrected chi connectivity index (χ0v) is 14.9. The van der Waals surface area contributed by atoms with E-state index in [4.69, 9.17) is 0 Å². The molecule has 8 heteroatoms. The van der Waals surface area contributed by atoms with Gasteiger partial charge in [0, 0.05) is 28.4 Å². The molecule has 0 aromatic heterocycles. The molecule has 4 nitrogen and oxygen atoms in total. The lowest BCUT2D eigenvalue weighted by molar-refractivity contribution is 0.525. The van der Waals surface area contributed by atoms with Gasteiger partial charge >= 0.3 is 0 Å². The molecule has 1 aliphatic heterocycles. The number of hydrogen-bond donors (Lipinski definition) is 2. The van der Waals surface area contributed by atoms with Crippen molar-refractivity contribution in [2.24, 2.45) is 0 Å². The predicted molar refractivity (Wildman–Crippen MR) is 87.5 cm³/mol. The van der Waals surface area contributed by atoms with Crippen molar-refractivity contribution >= 4 is 37.7 Å². The molecule has 1 heterocycles. The summed E-state index contributed by atoms with van der Waals surface area (Å²) in [5.74, 6) is 1.09. The Morgan fingerprint density at radius 2 is 2.24 bits per heavy atom. The standard InChI is InChI=1S/C13H18BrFN2O2S2/c1-16-7-9-5-10(14)6-12(13(9)15)21(18,19)17-11-3-2-4-20-8-11/h5-6,11,16-17H,2-4,7-8H2,1H3. The summed E-state index contributed by atoms with van der Waals surface area (Å²) in [5, 5.41) is 2.83. The first-order valence-corrected chi connectivity index (χ1v) is 10.1. The molecule has 0 spiro atoms. The first-order valence-electron chi connectivity index (χ1n) is 6.66. The third kappa shape index (κ3) is 4.41. The highest BCUT2D eigenvalue weighted by molar-refractivity contribution is 9.10. The second kappa shape index (κ2) is 7.41. The largest absolute Gasteiger partial charge is 0.316 e. The van der Waals surface area contributed by atoms with Crippen LogP contribution < -0.4 is 10.0 Å². The van der Waals surface area contributed by atoms with Crippen LogP contribution in [0.4, 0.5) is 4.39 Å². The summed E-state index contributed by atoms with van der Waals surface area (Å²) in [6.45, 7) is 0.271. The van der Waals surface area contributed by atoms with E-state index in [9.17, 15) is 12.8 Å². The molecule has 2 N–H and O–H groups in total. The van der Waals surface area contributed by atoms with Gasteiger partial charge in [-0.05, 0) is 37.8 Å². The minimum Gasteiger partial charge on any atom is -0.316 e. The van der Waals surface area contributed by atoms with Crippen molar-refractivity contribution in [2.45, 2.75) is 30.3 Å². The van der Waals surface area contributed by atoms with Crippen molar-refractivity contribution < 1.29 is 12.8 Å². The Morgan fingerprint density at radius 1 is 1.48 bits per heavy atom. The molecule has 2 rings (SSSR count). The fraction of sp³-hybridized carbons (Fsp3) is 0.538. The topological polar surface area (TPSA) is 58.2 Å². The van der Waals surface area contributed by atoms with Crippen LogP contribution in [-0.2, 0) is 16.6 Å². The van der Waals surface area contributed by atoms with Gasteiger partial charge in [0.25, 0.3) is 0 Å². The minimum atomic E-state index is -3.85. The normalized spacial score (nSPS) is 19.7. The number of rotatable bonds is 5. The van der Waals surface area contributed by atoms with Crippen LogP contribution in [0.5, 0.6) is 0 Å². The molecule has 1 unspecified atom stereocenters. The first kappa shape index (κ1) is 17.2. The SMILES string of the molecule is CNCc1cc(Br)cc(S(=O)(=O)NC2CCCSC2)c1F. The van der Waals surface area contributed by atoms with E-state index in [0.29, 0.717) is 10.0 Å². The van der Waals surface area contributed by atoms with Crippen molar-refractivity contribution in [1.82, 2.24) is 10.0 Å². The van der Waals surface area contributed by atoms with E-state index < -0.39 is 15.8 Å². The van der Waals surface area contributed by atoms with Gasteiger partial charge < -0.3 is 5.32 Å². The second-order valence-electron chi connectivity index (χ2n) is 4.94. The Morgan fingerprint density at radius 3 is 2.86 bits per heavy atom. The van der Waals surface area contributed by atoms with E-state index >= 15 is 0 Å². The van der Waals surface area contributed by atoms with E-state index in [-0.39, 0.29) is 17.5 Å². The monoisotopic (exact) mass is 396 g/mol. The Labute approximate surface area is 137 Å². The van der Waals surface area contributed by atoms with Crippen LogP contribution in [0, 0.1) is 5.82 Å². The van der Waals surface area contributed by atoms with Gasteiger partial charge in [-0.15, -0.1) is 0 Å². The van der Waals surface area contributed by atoms with Crippen LogP contribution in [-0.4, -0.2) is 33.0 Å². The Kier molecular flexibility index (Phi) is 6.07. The van der Waals surface area contributed by atoms with Gasteiger partial charge in [-0.3, -0.25) is 0 Å². The zero-order valence-electron chi connectivity index (χ0n) is 11.7. The smallest absolute Gasteiger partial charge is 0.243 e. The maximum atomic E-state index is 14.4. The van der Waals surface area contributed by atoms with Crippen molar-refractivity contribution in [2.75, 3.05) is 18.6 Å². The lowest BCUT2D eigenvalue weighted by Gasteiger charge is -2.22. The summed E-state index contributed by atoms with van der Waals surface area (Å²) in [6.07, 6.45) is 1.77. The van der Waals surface area contributed by atoms with E-state index in [0.717, 1.165) is 24.3 Å². The maximum Gasteiger partial charge on any atom is 0.243 e. The average molecular weight is 397 g/mol. The van der Waals surface area contributed by atoms with Crippen LogP contribution in [0.25, 0.3) is 0 Å². The number of benzene rings is 1. The van der Waals surface area contributed by atoms with Gasteiger partial charge in [0.15, 0.2) is 0 Å². The molecule has 1 saturated heterocycles. The van der Waals surface area contributed by atoms with Crippen LogP contribution >= 0.6 is 27.7 Å². The van der Waals surface area contributed by atoms with E-state index in [1.54, 1.807) is 24.9 Å². The molecule has 0 bridgehead atoms. The van der Waals surface area contributed by atoms with Gasteiger partial charge in [-0.25, -0.2) is 17.5 Å². The predicted octanol–water partition coefficient (Wildman–Crippen LogP) is 2.48. The third-order valence-corrected chi connectivity index (χ3v) is 6.41. The van der Waals surface area contributed by atoms with Crippen molar-refractivity contribution in [3.8, 4) is 0 Å². The molecule has 0 saturated carbocycles. The highest BCUT2D eigenvalue weighted by atomic mass is 79.9. The summed E-state index contributed by atoms with van der Waals surface area (Å²) in [6, 6.07) is 2.77. The Balaban J connectivity index is 2.30. The first-order chi connectivity index (χ1) is 9.94. The fourth-order valence-corrected chi connectivity index (χ4v) is 5.50. The molecular formula is C13H18BrFN2O2S2. The van der Waals surface area contributed by atoms with E-state index in [1.165, 1.54) is 6.07 Å². The summed E-state index contributed by atoms with van der Waals surface area (Å²) in [4.78, 5) is -0.294. The average Bonchev–Trinajstić information content (AvgIpc) is 2.43. The van der Waals surface area contributed by atoms with Crippen LogP contribution in [0.15, 0.2) is 21.5 Å². The molecule has 118 valence electrons. The van der Waals surface area contributed by atoms with Crippen LogP contribution in [0.2, 0.25) is 0 Å². The van der Waals surface area contributed by atoms with Crippen molar-refractivity contribution in [3.63, 3.8) is 0 Å². The number of thioether (sulfide) groups is 1. The van der Waals surface area contributed by atoms with Gasteiger partial charge in [-0.2, -0.15) is 11.8 Å². The third-order valence-electron chi connectivity index (χ3n) is 3.22. The van der Waals surface area contributed by atoms with Crippen molar-refractivity contribution in [3.05, 3.63) is 28.0 Å². The molecule has 1 aliphatic rings. The fourth-order valence-electron chi connectivity index (χ4n) is 2.25. The van der Waals surface area contributed by atoms with Gasteiger partial charge in [0.05, 0.1) is 0 Å². The molecule has 1 atom stereocenters. The Hall–Kier alpha value is -0.150. The molecule has 1 fully saturated rings. The summed E-state index contributed by atoms with van der Waals surface area (Å²) < 4.78 is 42.4. The second-order valence-corrected chi connectivity index (χ2v) is 8.69. The summed E-state index contributed by atoms with van der Waals surface area (Å²) in [7, 11) is -2.16. The van der Waals surface area contributed by atoms with Gasteiger partial charge in [0.1, 0.15) is 10.7 Å². The summed E-state index contributed by atoms with van der Waals surface area (Å²) >= 11 is 4.96. The molecular weight excluding hydrogens is 379 g/mol. The van der Waals surface area contributed by atoms with E-state index in [2.05, 4.69) is 26.0 Å². The number of hydrogen-bond acceptors (Lipinski definition) is 4. The maximum absolute atomic E-state index is 14.4.